The largest absolute Gasteiger partial charge is 0.394 e. The molecule has 6 nitrogen and oxygen atoms in total. The van der Waals surface area contributed by atoms with Gasteiger partial charge in [0.25, 0.3) is 0 Å². The molecule has 1 aliphatic rings. The van der Waals surface area contributed by atoms with Gasteiger partial charge in [-0.25, -0.2) is 0 Å². The Morgan fingerprint density at radius 3 is 1.50 bits per heavy atom. The highest BCUT2D eigenvalue weighted by molar-refractivity contribution is 4.93. The van der Waals surface area contributed by atoms with Crippen molar-refractivity contribution in [2.45, 2.75) is 110 Å². The Labute approximate surface area is 172 Å². The number of hydrogen-bond donors (Lipinski definition) is 1. The van der Waals surface area contributed by atoms with Crippen molar-refractivity contribution in [2.75, 3.05) is 33.0 Å². The van der Waals surface area contributed by atoms with Crippen LogP contribution in [0.15, 0.2) is 0 Å². The van der Waals surface area contributed by atoms with Crippen LogP contribution in [0.2, 0.25) is 0 Å². The lowest BCUT2D eigenvalue weighted by molar-refractivity contribution is -0.322. The zero-order chi connectivity index (χ0) is 20.6. The van der Waals surface area contributed by atoms with Crippen LogP contribution in [0, 0.1) is 0 Å². The minimum atomic E-state index is -0.543. The SMILES string of the molecule is CCCCOC1[C@@H](OCCCC)OC(CO)[C@@H](OCCCC)[C@@H]1OCCCC. The molecule has 0 radical (unpaired) electrons. The van der Waals surface area contributed by atoms with Gasteiger partial charge in [-0.2, -0.15) is 0 Å². The first kappa shape index (κ1) is 25.8. The molecule has 0 aromatic carbocycles. The highest BCUT2D eigenvalue weighted by Gasteiger charge is 2.48. The summed E-state index contributed by atoms with van der Waals surface area (Å²) in [5, 5.41) is 9.94. The van der Waals surface area contributed by atoms with Crippen LogP contribution < -0.4 is 0 Å². The van der Waals surface area contributed by atoms with E-state index in [1.165, 1.54) is 0 Å². The van der Waals surface area contributed by atoms with E-state index in [1.807, 2.05) is 0 Å². The summed E-state index contributed by atoms with van der Waals surface area (Å²) in [5.74, 6) is 0. The van der Waals surface area contributed by atoms with Crippen LogP contribution >= 0.6 is 0 Å². The highest BCUT2D eigenvalue weighted by atomic mass is 16.7. The molecule has 1 rings (SSSR count). The monoisotopic (exact) mass is 404 g/mol. The van der Waals surface area contributed by atoms with Gasteiger partial charge in [0, 0.05) is 26.4 Å². The van der Waals surface area contributed by atoms with Gasteiger partial charge in [0.15, 0.2) is 6.29 Å². The maximum Gasteiger partial charge on any atom is 0.186 e. The third-order valence-corrected chi connectivity index (χ3v) is 4.98. The molecule has 6 heteroatoms. The van der Waals surface area contributed by atoms with E-state index in [2.05, 4.69) is 27.7 Å². The molecule has 0 aromatic rings. The minimum Gasteiger partial charge on any atom is -0.394 e. The third kappa shape index (κ3) is 9.06. The van der Waals surface area contributed by atoms with Gasteiger partial charge in [0.2, 0.25) is 0 Å². The van der Waals surface area contributed by atoms with Crippen molar-refractivity contribution in [1.82, 2.24) is 0 Å². The molecule has 1 N–H and O–H groups in total. The number of unbranched alkanes of at least 4 members (excludes halogenated alkanes) is 4. The number of aliphatic hydroxyl groups is 1. The summed E-state index contributed by atoms with van der Waals surface area (Å²) in [4.78, 5) is 0. The van der Waals surface area contributed by atoms with Crippen molar-refractivity contribution in [3.05, 3.63) is 0 Å². The van der Waals surface area contributed by atoms with Gasteiger partial charge >= 0.3 is 0 Å². The zero-order valence-corrected chi connectivity index (χ0v) is 18.6. The van der Waals surface area contributed by atoms with Crippen molar-refractivity contribution in [3.63, 3.8) is 0 Å². The Morgan fingerprint density at radius 1 is 0.607 bits per heavy atom. The summed E-state index contributed by atoms with van der Waals surface area (Å²) in [6.07, 6.45) is 6.08. The summed E-state index contributed by atoms with van der Waals surface area (Å²) in [6.45, 7) is 10.9. The van der Waals surface area contributed by atoms with Crippen LogP contribution in [0.5, 0.6) is 0 Å². The fourth-order valence-corrected chi connectivity index (χ4v) is 3.16. The first-order valence-electron chi connectivity index (χ1n) is 11.5. The quantitative estimate of drug-likeness (QED) is 0.369. The first-order chi connectivity index (χ1) is 13.7. The number of ether oxygens (including phenoxy) is 5. The molecule has 168 valence electrons. The second-order valence-electron chi connectivity index (χ2n) is 7.52. The number of rotatable bonds is 17. The molecular formula is C22H44O6. The van der Waals surface area contributed by atoms with Crippen molar-refractivity contribution in [1.29, 1.82) is 0 Å². The summed E-state index contributed by atoms with van der Waals surface area (Å²) in [6, 6.07) is 0. The van der Waals surface area contributed by atoms with Gasteiger partial charge in [-0.3, -0.25) is 0 Å². The lowest BCUT2D eigenvalue weighted by Gasteiger charge is -2.45. The highest BCUT2D eigenvalue weighted by Crippen LogP contribution is 2.29. The van der Waals surface area contributed by atoms with E-state index < -0.39 is 12.4 Å². The normalized spacial score (nSPS) is 28.0. The van der Waals surface area contributed by atoms with Crippen molar-refractivity contribution < 1.29 is 28.8 Å². The molecule has 0 aliphatic carbocycles. The van der Waals surface area contributed by atoms with Crippen molar-refractivity contribution >= 4 is 0 Å². The van der Waals surface area contributed by atoms with Gasteiger partial charge in [0.05, 0.1) is 6.61 Å². The molecule has 1 fully saturated rings. The van der Waals surface area contributed by atoms with Gasteiger partial charge < -0.3 is 28.8 Å². The average Bonchev–Trinajstić information content (AvgIpc) is 2.70. The second kappa shape index (κ2) is 16.5. The zero-order valence-electron chi connectivity index (χ0n) is 18.6. The minimum absolute atomic E-state index is 0.125. The third-order valence-electron chi connectivity index (χ3n) is 4.98. The first-order valence-corrected chi connectivity index (χ1v) is 11.5. The summed E-state index contributed by atoms with van der Waals surface area (Å²) >= 11 is 0. The Balaban J connectivity index is 2.94. The Hall–Kier alpha value is -0.240. The molecule has 1 saturated heterocycles. The summed E-state index contributed by atoms with van der Waals surface area (Å²) in [7, 11) is 0. The van der Waals surface area contributed by atoms with E-state index in [0.29, 0.717) is 26.4 Å². The van der Waals surface area contributed by atoms with Crippen LogP contribution in [0.4, 0.5) is 0 Å². The smallest absolute Gasteiger partial charge is 0.186 e. The van der Waals surface area contributed by atoms with E-state index in [4.69, 9.17) is 23.7 Å². The molecule has 2 unspecified atom stereocenters. The van der Waals surface area contributed by atoms with Gasteiger partial charge in [-0.1, -0.05) is 53.4 Å². The molecule has 0 saturated carbocycles. The fourth-order valence-electron chi connectivity index (χ4n) is 3.16. The molecule has 28 heavy (non-hydrogen) atoms. The second-order valence-corrected chi connectivity index (χ2v) is 7.52. The van der Waals surface area contributed by atoms with Crippen LogP contribution in [0.25, 0.3) is 0 Å². The topological polar surface area (TPSA) is 66.4 Å². The standard InChI is InChI=1S/C22H44O6/c1-5-9-13-24-19-18(17-23)28-22(27-16-12-8-4)21(26-15-11-7-3)20(19)25-14-10-6-2/h18-23H,5-17H2,1-4H3/t18?,19-,20+,21?,22+/m1/s1. The van der Waals surface area contributed by atoms with Crippen LogP contribution in [-0.2, 0) is 23.7 Å². The molecule has 0 bridgehead atoms. The Bertz CT molecular complexity index is 354. The van der Waals surface area contributed by atoms with Crippen LogP contribution in [-0.4, -0.2) is 68.8 Å². The van der Waals surface area contributed by atoms with E-state index in [0.717, 1.165) is 51.4 Å². The molecule has 5 atom stereocenters. The molecular weight excluding hydrogens is 360 g/mol. The van der Waals surface area contributed by atoms with E-state index in [1.54, 1.807) is 0 Å². The van der Waals surface area contributed by atoms with E-state index >= 15 is 0 Å². The molecule has 1 heterocycles. The summed E-state index contributed by atoms with van der Waals surface area (Å²) in [5.41, 5.74) is 0. The molecule has 0 amide bonds. The van der Waals surface area contributed by atoms with Crippen LogP contribution in [0.3, 0.4) is 0 Å². The lowest BCUT2D eigenvalue weighted by atomic mass is 9.98. The summed E-state index contributed by atoms with van der Waals surface area (Å²) < 4.78 is 30.7. The maximum absolute atomic E-state index is 9.94. The molecule has 0 aromatic heterocycles. The van der Waals surface area contributed by atoms with Crippen LogP contribution in [0.1, 0.15) is 79.1 Å². The number of aliphatic hydroxyl groups excluding tert-OH is 1. The number of hydrogen-bond acceptors (Lipinski definition) is 6. The fraction of sp³-hybridized carbons (Fsp3) is 1.00. The van der Waals surface area contributed by atoms with E-state index in [9.17, 15) is 5.11 Å². The van der Waals surface area contributed by atoms with E-state index in [-0.39, 0.29) is 24.9 Å². The maximum atomic E-state index is 9.94. The predicted molar refractivity (Wildman–Crippen MR) is 111 cm³/mol. The van der Waals surface area contributed by atoms with Gasteiger partial charge in [-0.05, 0) is 25.7 Å². The predicted octanol–water partition coefficient (Wildman–Crippen LogP) is 4.08. The van der Waals surface area contributed by atoms with Gasteiger partial charge in [-0.15, -0.1) is 0 Å². The molecule has 0 spiro atoms. The molecule has 1 aliphatic heterocycles. The average molecular weight is 405 g/mol. The van der Waals surface area contributed by atoms with Crippen molar-refractivity contribution in [2.24, 2.45) is 0 Å². The Kier molecular flexibility index (Phi) is 15.2. The van der Waals surface area contributed by atoms with Gasteiger partial charge in [0.1, 0.15) is 24.4 Å². The van der Waals surface area contributed by atoms with Crippen molar-refractivity contribution in [3.8, 4) is 0 Å². The Morgan fingerprint density at radius 2 is 1.04 bits per heavy atom. The lowest BCUT2D eigenvalue weighted by Crippen LogP contribution is -2.62.